The van der Waals surface area contributed by atoms with Gasteiger partial charge in [0.05, 0.1) is 23.1 Å². The lowest BCUT2D eigenvalue weighted by atomic mass is 10.1. The molecule has 3 heterocycles. The fraction of sp³-hybridized carbons (Fsp3) is 0.412. The normalized spacial score (nSPS) is 17.5. The minimum atomic E-state index is -0.987. The monoisotopic (exact) mass is 328 g/mol. The predicted octanol–water partition coefficient (Wildman–Crippen LogP) is 2.24. The number of pyridine rings is 1. The summed E-state index contributed by atoms with van der Waals surface area (Å²) in [5.74, 6) is -0.413. The van der Waals surface area contributed by atoms with E-state index in [1.807, 2.05) is 11.9 Å². The Morgan fingerprint density at radius 3 is 2.88 bits per heavy atom. The van der Waals surface area contributed by atoms with Gasteiger partial charge < -0.3 is 14.7 Å². The average molecular weight is 328 g/mol. The Morgan fingerprint density at radius 1 is 1.29 bits per heavy atom. The Bertz CT molecular complexity index is 716. The van der Waals surface area contributed by atoms with E-state index in [0.29, 0.717) is 17.3 Å². The Hall–Kier alpha value is -2.54. The van der Waals surface area contributed by atoms with Gasteiger partial charge in [-0.25, -0.2) is 14.8 Å². The largest absolute Gasteiger partial charge is 0.478 e. The Kier molecular flexibility index (Phi) is 5.00. The van der Waals surface area contributed by atoms with Crippen LogP contribution in [0.25, 0.3) is 11.4 Å². The van der Waals surface area contributed by atoms with Crippen LogP contribution in [0.1, 0.15) is 29.6 Å². The maximum atomic E-state index is 11.1. The van der Waals surface area contributed by atoms with Crippen molar-refractivity contribution in [2.45, 2.75) is 25.4 Å². The first kappa shape index (κ1) is 16.3. The van der Waals surface area contributed by atoms with Gasteiger partial charge in [-0.2, -0.15) is 0 Å². The summed E-state index contributed by atoms with van der Waals surface area (Å²) in [5.41, 5.74) is 1.30. The standard InChI is InChI=1S/C17H20N4O3/c1-21(11-13-4-2-3-9-24-13)17-19-8-6-14(20-17)15-10-12(16(22)23)5-7-18-15/h5-8,10,13H,2-4,9,11H2,1H3,(H,22,23)/t13-/m1/s1. The number of nitrogens with zero attached hydrogens (tertiary/aromatic N) is 4. The first-order valence-electron chi connectivity index (χ1n) is 7.99. The van der Waals surface area contributed by atoms with Crippen molar-refractivity contribution < 1.29 is 14.6 Å². The van der Waals surface area contributed by atoms with Crippen LogP contribution >= 0.6 is 0 Å². The van der Waals surface area contributed by atoms with E-state index in [2.05, 4.69) is 15.0 Å². The molecule has 0 aromatic carbocycles. The van der Waals surface area contributed by atoms with Crippen LogP contribution in [0, 0.1) is 0 Å². The zero-order chi connectivity index (χ0) is 16.9. The highest BCUT2D eigenvalue weighted by molar-refractivity contribution is 5.88. The molecule has 2 aromatic rings. The number of aromatic nitrogens is 3. The van der Waals surface area contributed by atoms with Crippen LogP contribution in [0.3, 0.4) is 0 Å². The van der Waals surface area contributed by atoms with Gasteiger partial charge in [-0.15, -0.1) is 0 Å². The van der Waals surface area contributed by atoms with Crippen LogP contribution < -0.4 is 4.90 Å². The van der Waals surface area contributed by atoms with Gasteiger partial charge in [0.2, 0.25) is 5.95 Å². The van der Waals surface area contributed by atoms with Crippen molar-refractivity contribution in [3.05, 3.63) is 36.2 Å². The van der Waals surface area contributed by atoms with Crippen molar-refractivity contribution in [1.29, 1.82) is 0 Å². The third-order valence-electron chi connectivity index (χ3n) is 4.01. The lowest BCUT2D eigenvalue weighted by Crippen LogP contribution is -2.34. The van der Waals surface area contributed by atoms with E-state index in [9.17, 15) is 4.79 Å². The summed E-state index contributed by atoms with van der Waals surface area (Å²) in [6.07, 6.45) is 6.69. The van der Waals surface area contributed by atoms with Crippen molar-refractivity contribution in [3.63, 3.8) is 0 Å². The Labute approximate surface area is 140 Å². The molecular formula is C17H20N4O3. The fourth-order valence-corrected chi connectivity index (χ4v) is 2.72. The highest BCUT2D eigenvalue weighted by Crippen LogP contribution is 2.19. The van der Waals surface area contributed by atoms with Crippen LogP contribution in [0.4, 0.5) is 5.95 Å². The van der Waals surface area contributed by atoms with E-state index in [-0.39, 0.29) is 11.7 Å². The number of carboxylic acids is 1. The first-order valence-corrected chi connectivity index (χ1v) is 7.99. The van der Waals surface area contributed by atoms with Crippen LogP contribution in [0.15, 0.2) is 30.6 Å². The molecular weight excluding hydrogens is 308 g/mol. The molecule has 0 saturated carbocycles. The number of carbonyl (C=O) groups is 1. The first-order chi connectivity index (χ1) is 11.6. The van der Waals surface area contributed by atoms with Gasteiger partial charge in [0.1, 0.15) is 0 Å². The molecule has 7 heteroatoms. The summed E-state index contributed by atoms with van der Waals surface area (Å²) < 4.78 is 5.75. The number of rotatable bonds is 5. The number of carboxylic acid groups (broad SMARTS) is 1. The Balaban J connectivity index is 1.78. The number of ether oxygens (including phenoxy) is 1. The topological polar surface area (TPSA) is 88.4 Å². The minimum absolute atomic E-state index is 0.184. The van der Waals surface area contributed by atoms with Gasteiger partial charge in [0, 0.05) is 32.6 Å². The van der Waals surface area contributed by atoms with Crippen molar-refractivity contribution in [2.24, 2.45) is 0 Å². The van der Waals surface area contributed by atoms with E-state index in [1.165, 1.54) is 24.8 Å². The van der Waals surface area contributed by atoms with E-state index in [1.54, 1.807) is 12.3 Å². The van der Waals surface area contributed by atoms with Gasteiger partial charge >= 0.3 is 5.97 Å². The molecule has 7 nitrogen and oxygen atoms in total. The van der Waals surface area contributed by atoms with E-state index >= 15 is 0 Å². The molecule has 1 atom stereocenters. The van der Waals surface area contributed by atoms with Gasteiger partial charge in [0.25, 0.3) is 0 Å². The van der Waals surface area contributed by atoms with Crippen molar-refractivity contribution >= 4 is 11.9 Å². The zero-order valence-corrected chi connectivity index (χ0v) is 13.6. The van der Waals surface area contributed by atoms with Crippen molar-refractivity contribution in [1.82, 2.24) is 15.0 Å². The SMILES string of the molecule is CN(C[C@H]1CCCCO1)c1nccc(-c2cc(C(=O)O)ccn2)n1. The molecule has 2 aromatic heterocycles. The van der Waals surface area contributed by atoms with E-state index in [0.717, 1.165) is 26.0 Å². The van der Waals surface area contributed by atoms with E-state index in [4.69, 9.17) is 9.84 Å². The second-order valence-corrected chi connectivity index (χ2v) is 5.85. The molecule has 1 aliphatic rings. The molecule has 1 saturated heterocycles. The lowest BCUT2D eigenvalue weighted by molar-refractivity contribution is 0.0214. The molecule has 1 fully saturated rings. The van der Waals surface area contributed by atoms with Crippen molar-refractivity contribution in [3.8, 4) is 11.4 Å². The highest BCUT2D eigenvalue weighted by atomic mass is 16.5. The second kappa shape index (κ2) is 7.35. The fourth-order valence-electron chi connectivity index (χ4n) is 2.72. The molecule has 24 heavy (non-hydrogen) atoms. The van der Waals surface area contributed by atoms with Gasteiger partial charge in [0.15, 0.2) is 0 Å². The molecule has 1 N–H and O–H groups in total. The van der Waals surface area contributed by atoms with Gasteiger partial charge in [-0.1, -0.05) is 0 Å². The molecule has 126 valence electrons. The lowest BCUT2D eigenvalue weighted by Gasteiger charge is -2.27. The van der Waals surface area contributed by atoms with Gasteiger partial charge in [-0.05, 0) is 37.5 Å². The maximum Gasteiger partial charge on any atom is 0.335 e. The second-order valence-electron chi connectivity index (χ2n) is 5.85. The van der Waals surface area contributed by atoms with Crippen molar-refractivity contribution in [2.75, 3.05) is 25.1 Å². The molecule has 0 aliphatic carbocycles. The third-order valence-corrected chi connectivity index (χ3v) is 4.01. The number of likely N-dealkylation sites (N-methyl/N-ethyl adjacent to an activating group) is 1. The van der Waals surface area contributed by atoms with Crippen LogP contribution in [0.2, 0.25) is 0 Å². The summed E-state index contributed by atoms with van der Waals surface area (Å²) >= 11 is 0. The smallest absolute Gasteiger partial charge is 0.335 e. The molecule has 0 radical (unpaired) electrons. The predicted molar refractivity (Wildman–Crippen MR) is 89.1 cm³/mol. The molecule has 0 unspecified atom stereocenters. The molecule has 0 amide bonds. The summed E-state index contributed by atoms with van der Waals surface area (Å²) in [6.45, 7) is 1.54. The van der Waals surface area contributed by atoms with E-state index < -0.39 is 5.97 Å². The quantitative estimate of drug-likeness (QED) is 0.900. The third kappa shape index (κ3) is 3.86. The van der Waals surface area contributed by atoms with Crippen LogP contribution in [-0.2, 0) is 4.74 Å². The number of hydrogen-bond donors (Lipinski definition) is 1. The highest BCUT2D eigenvalue weighted by Gasteiger charge is 2.18. The Morgan fingerprint density at radius 2 is 2.12 bits per heavy atom. The molecule has 0 bridgehead atoms. The van der Waals surface area contributed by atoms with Gasteiger partial charge in [-0.3, -0.25) is 4.98 Å². The summed E-state index contributed by atoms with van der Waals surface area (Å²) in [4.78, 5) is 26.1. The zero-order valence-electron chi connectivity index (χ0n) is 13.6. The maximum absolute atomic E-state index is 11.1. The summed E-state index contributed by atoms with van der Waals surface area (Å²) in [6, 6.07) is 4.70. The minimum Gasteiger partial charge on any atom is -0.478 e. The number of aromatic carboxylic acids is 1. The molecule has 0 spiro atoms. The van der Waals surface area contributed by atoms with Crippen LogP contribution in [0.5, 0.6) is 0 Å². The molecule has 1 aliphatic heterocycles. The average Bonchev–Trinajstić information content (AvgIpc) is 2.63. The number of anilines is 1. The summed E-state index contributed by atoms with van der Waals surface area (Å²) in [5, 5.41) is 9.10. The van der Waals surface area contributed by atoms with Crippen LogP contribution in [-0.4, -0.2) is 52.3 Å². The molecule has 3 rings (SSSR count). The summed E-state index contributed by atoms with van der Waals surface area (Å²) in [7, 11) is 1.93. The number of hydrogen-bond acceptors (Lipinski definition) is 6.